The van der Waals surface area contributed by atoms with E-state index in [1.54, 1.807) is 6.20 Å². The van der Waals surface area contributed by atoms with Crippen molar-refractivity contribution in [3.63, 3.8) is 0 Å². The first-order chi connectivity index (χ1) is 12.6. The largest absolute Gasteiger partial charge is 0.311 e. The number of allylic oxidation sites excluding steroid dienone is 1. The summed E-state index contributed by atoms with van der Waals surface area (Å²) >= 11 is 0. The second kappa shape index (κ2) is 8.09. The quantitative estimate of drug-likeness (QED) is 0.582. The maximum absolute atomic E-state index is 4.42. The highest BCUT2D eigenvalue weighted by Crippen LogP contribution is 2.21. The van der Waals surface area contributed by atoms with E-state index in [2.05, 4.69) is 65.3 Å². The summed E-state index contributed by atoms with van der Waals surface area (Å²) in [6, 6.07) is 10.4. The molecule has 134 valence electrons. The van der Waals surface area contributed by atoms with Crippen LogP contribution in [0.1, 0.15) is 35.9 Å². The highest BCUT2D eigenvalue weighted by Gasteiger charge is 2.13. The van der Waals surface area contributed by atoms with Gasteiger partial charge in [-0.2, -0.15) is 0 Å². The van der Waals surface area contributed by atoms with Crippen LogP contribution < -0.4 is 0 Å². The molecule has 3 rings (SSSR count). The minimum absolute atomic E-state index is 0.843. The van der Waals surface area contributed by atoms with Gasteiger partial charge in [0.15, 0.2) is 5.82 Å². The molecule has 2 aromatic heterocycles. The fourth-order valence-corrected chi connectivity index (χ4v) is 3.32. The summed E-state index contributed by atoms with van der Waals surface area (Å²) in [5.41, 5.74) is 6.30. The van der Waals surface area contributed by atoms with Crippen molar-refractivity contribution in [2.45, 2.75) is 46.6 Å². The smallest absolute Gasteiger partial charge is 0.165 e. The van der Waals surface area contributed by atoms with E-state index in [1.165, 1.54) is 22.3 Å². The third kappa shape index (κ3) is 3.90. The van der Waals surface area contributed by atoms with E-state index in [1.807, 2.05) is 18.3 Å². The molecule has 0 saturated heterocycles. The number of benzene rings is 1. The third-order valence-corrected chi connectivity index (χ3v) is 4.84. The van der Waals surface area contributed by atoms with E-state index in [4.69, 9.17) is 0 Å². The van der Waals surface area contributed by atoms with Gasteiger partial charge >= 0.3 is 0 Å². The normalized spacial score (nSPS) is 10.9. The minimum atomic E-state index is 0.843. The summed E-state index contributed by atoms with van der Waals surface area (Å²) in [4.78, 5) is 4.19. The third-order valence-electron chi connectivity index (χ3n) is 4.84. The Morgan fingerprint density at radius 1 is 1.08 bits per heavy atom. The molecule has 0 aliphatic heterocycles. The predicted octanol–water partition coefficient (Wildman–Crippen LogP) is 4.71. The maximum Gasteiger partial charge on any atom is 0.165 e. The fraction of sp³-hybridized carbons (Fsp3) is 0.318. The highest BCUT2D eigenvalue weighted by molar-refractivity contribution is 5.53. The van der Waals surface area contributed by atoms with Crippen molar-refractivity contribution in [1.29, 1.82) is 0 Å². The number of hydrogen-bond donors (Lipinski definition) is 0. The van der Waals surface area contributed by atoms with E-state index in [0.717, 1.165) is 43.0 Å². The van der Waals surface area contributed by atoms with Crippen LogP contribution >= 0.6 is 0 Å². The zero-order chi connectivity index (χ0) is 18.5. The van der Waals surface area contributed by atoms with Gasteiger partial charge in [0, 0.05) is 30.9 Å². The first-order valence-electron chi connectivity index (χ1n) is 9.14. The SMILES string of the molecule is C=C(CCc1nnc(-c2cccnc2)n1CC)Cc1c(C)cccc1C. The summed E-state index contributed by atoms with van der Waals surface area (Å²) in [5.74, 6) is 1.89. The topological polar surface area (TPSA) is 43.6 Å². The Balaban J connectivity index is 1.70. The fourth-order valence-electron chi connectivity index (χ4n) is 3.32. The van der Waals surface area contributed by atoms with Gasteiger partial charge in [-0.15, -0.1) is 10.2 Å². The highest BCUT2D eigenvalue weighted by atomic mass is 15.3. The number of pyridine rings is 1. The van der Waals surface area contributed by atoms with Crippen molar-refractivity contribution in [3.8, 4) is 11.4 Å². The molecule has 4 nitrogen and oxygen atoms in total. The average molecular weight is 346 g/mol. The molecule has 0 aliphatic carbocycles. The van der Waals surface area contributed by atoms with Crippen molar-refractivity contribution >= 4 is 0 Å². The molecule has 0 unspecified atom stereocenters. The molecule has 3 aromatic rings. The molecule has 0 amide bonds. The van der Waals surface area contributed by atoms with Gasteiger partial charge in [-0.25, -0.2) is 0 Å². The molecule has 1 aromatic carbocycles. The Kier molecular flexibility index (Phi) is 5.61. The molecule has 0 fully saturated rings. The summed E-state index contributed by atoms with van der Waals surface area (Å²) in [6.07, 6.45) is 6.30. The van der Waals surface area contributed by atoms with Crippen LogP contribution in [0, 0.1) is 13.8 Å². The zero-order valence-electron chi connectivity index (χ0n) is 15.9. The van der Waals surface area contributed by atoms with Gasteiger partial charge < -0.3 is 4.57 Å². The van der Waals surface area contributed by atoms with Crippen molar-refractivity contribution in [3.05, 3.63) is 77.4 Å². The van der Waals surface area contributed by atoms with Crippen LogP contribution in [0.2, 0.25) is 0 Å². The molecular formula is C22H26N4. The van der Waals surface area contributed by atoms with Crippen molar-refractivity contribution in [2.24, 2.45) is 0 Å². The van der Waals surface area contributed by atoms with Gasteiger partial charge in [-0.05, 0) is 62.4 Å². The van der Waals surface area contributed by atoms with Crippen molar-refractivity contribution in [1.82, 2.24) is 19.7 Å². The van der Waals surface area contributed by atoms with Gasteiger partial charge in [0.1, 0.15) is 5.82 Å². The van der Waals surface area contributed by atoms with Gasteiger partial charge in [-0.1, -0.05) is 30.4 Å². The lowest BCUT2D eigenvalue weighted by Gasteiger charge is -2.12. The number of hydrogen-bond acceptors (Lipinski definition) is 3. The lowest BCUT2D eigenvalue weighted by atomic mass is 9.95. The van der Waals surface area contributed by atoms with Crippen LogP contribution in [0.25, 0.3) is 11.4 Å². The summed E-state index contributed by atoms with van der Waals surface area (Å²) < 4.78 is 2.17. The minimum Gasteiger partial charge on any atom is -0.311 e. The second-order valence-electron chi connectivity index (χ2n) is 6.72. The Hall–Kier alpha value is -2.75. The van der Waals surface area contributed by atoms with Crippen LogP contribution in [-0.4, -0.2) is 19.7 Å². The van der Waals surface area contributed by atoms with Gasteiger partial charge in [-0.3, -0.25) is 4.98 Å². The molecule has 0 bridgehead atoms. The standard InChI is InChI=1S/C22H26N4/c1-5-26-21(24-25-22(26)19-10-7-13-23-15-19)12-11-16(2)14-20-17(3)8-6-9-18(20)4/h6-10,13,15H,2,5,11-12,14H2,1,3-4H3. The molecule has 0 N–H and O–H groups in total. The van der Waals surface area contributed by atoms with E-state index >= 15 is 0 Å². The molecule has 0 aliphatic rings. The summed E-state index contributed by atoms with van der Waals surface area (Å²) in [5, 5.41) is 8.81. The number of aryl methyl sites for hydroxylation is 3. The molecule has 0 spiro atoms. The van der Waals surface area contributed by atoms with Crippen LogP contribution in [0.15, 0.2) is 54.9 Å². The monoisotopic (exact) mass is 346 g/mol. The molecular weight excluding hydrogens is 320 g/mol. The Bertz CT molecular complexity index is 874. The molecule has 2 heterocycles. The van der Waals surface area contributed by atoms with Gasteiger partial charge in [0.2, 0.25) is 0 Å². The van der Waals surface area contributed by atoms with Gasteiger partial charge in [0.05, 0.1) is 0 Å². The number of aromatic nitrogens is 4. The first kappa shape index (κ1) is 18.1. The van der Waals surface area contributed by atoms with E-state index in [-0.39, 0.29) is 0 Å². The molecule has 0 saturated carbocycles. The molecule has 0 atom stereocenters. The number of rotatable bonds is 7. The summed E-state index contributed by atoms with van der Waals surface area (Å²) in [7, 11) is 0. The maximum atomic E-state index is 4.42. The van der Waals surface area contributed by atoms with Gasteiger partial charge in [0.25, 0.3) is 0 Å². The van der Waals surface area contributed by atoms with Crippen LogP contribution in [0.5, 0.6) is 0 Å². The van der Waals surface area contributed by atoms with Crippen molar-refractivity contribution in [2.75, 3.05) is 0 Å². The Labute approximate surface area is 155 Å². The predicted molar refractivity (Wildman–Crippen MR) is 106 cm³/mol. The van der Waals surface area contributed by atoms with E-state index in [0.29, 0.717) is 0 Å². The van der Waals surface area contributed by atoms with Crippen LogP contribution in [0.4, 0.5) is 0 Å². The zero-order valence-corrected chi connectivity index (χ0v) is 15.9. The lowest BCUT2D eigenvalue weighted by Crippen LogP contribution is -2.05. The van der Waals surface area contributed by atoms with Crippen molar-refractivity contribution < 1.29 is 0 Å². The number of nitrogens with zero attached hydrogens (tertiary/aromatic N) is 4. The van der Waals surface area contributed by atoms with E-state index in [9.17, 15) is 0 Å². The summed E-state index contributed by atoms with van der Waals surface area (Å²) in [6.45, 7) is 11.6. The van der Waals surface area contributed by atoms with E-state index < -0.39 is 0 Å². The molecule has 4 heteroatoms. The second-order valence-corrected chi connectivity index (χ2v) is 6.72. The molecule has 0 radical (unpaired) electrons. The van der Waals surface area contributed by atoms with Crippen LogP contribution in [0.3, 0.4) is 0 Å². The average Bonchev–Trinajstić information content (AvgIpc) is 3.07. The Morgan fingerprint density at radius 3 is 2.50 bits per heavy atom. The van der Waals surface area contributed by atoms with Crippen LogP contribution in [-0.2, 0) is 19.4 Å². The lowest BCUT2D eigenvalue weighted by molar-refractivity contribution is 0.690. The Morgan fingerprint density at radius 2 is 1.85 bits per heavy atom. The molecule has 26 heavy (non-hydrogen) atoms. The first-order valence-corrected chi connectivity index (χ1v) is 9.14.